The first kappa shape index (κ1) is 17.4. The van der Waals surface area contributed by atoms with Crippen molar-refractivity contribution in [2.24, 2.45) is 5.73 Å². The van der Waals surface area contributed by atoms with E-state index < -0.39 is 0 Å². The molecule has 2 amide bonds. The number of hydrogen-bond donors (Lipinski definition) is 2. The number of benzene rings is 1. The second kappa shape index (κ2) is 7.76. The van der Waals surface area contributed by atoms with Gasteiger partial charge in [0, 0.05) is 37.8 Å². The van der Waals surface area contributed by atoms with Crippen LogP contribution in [0.4, 0.5) is 0 Å². The molecule has 0 saturated carbocycles. The Morgan fingerprint density at radius 2 is 1.95 bits per heavy atom. The minimum atomic E-state index is -0.209. The molecule has 106 valence electrons. The lowest BCUT2D eigenvalue weighted by atomic mass is 10.1. The molecule has 0 aliphatic carbocycles. The summed E-state index contributed by atoms with van der Waals surface area (Å²) < 4.78 is 0. The Bertz CT molecular complexity index is 451. The number of carbonyl (C=O) groups is 2. The van der Waals surface area contributed by atoms with Crippen molar-refractivity contribution < 1.29 is 9.59 Å². The van der Waals surface area contributed by atoms with E-state index >= 15 is 0 Å². The highest BCUT2D eigenvalue weighted by Gasteiger charge is 2.17. The summed E-state index contributed by atoms with van der Waals surface area (Å²) >= 11 is 0. The molecule has 6 heteroatoms. The maximum absolute atomic E-state index is 12.1. The first-order valence-electron chi connectivity index (χ1n) is 5.80. The zero-order valence-corrected chi connectivity index (χ0v) is 12.2. The highest BCUT2D eigenvalue weighted by Crippen LogP contribution is 2.09. The van der Waals surface area contributed by atoms with Crippen LogP contribution in [-0.2, 0) is 0 Å². The Morgan fingerprint density at radius 1 is 1.37 bits per heavy atom. The van der Waals surface area contributed by atoms with Gasteiger partial charge in [-0.3, -0.25) is 9.59 Å². The number of amides is 2. The first-order valence-corrected chi connectivity index (χ1v) is 5.80. The van der Waals surface area contributed by atoms with Gasteiger partial charge in [0.2, 0.25) is 0 Å². The van der Waals surface area contributed by atoms with Gasteiger partial charge < -0.3 is 16.0 Å². The van der Waals surface area contributed by atoms with Crippen LogP contribution in [0.15, 0.2) is 24.3 Å². The summed E-state index contributed by atoms with van der Waals surface area (Å²) in [5, 5.41) is 2.53. The van der Waals surface area contributed by atoms with Crippen molar-refractivity contribution in [1.82, 2.24) is 10.2 Å². The molecule has 0 aromatic heterocycles. The molecule has 3 N–H and O–H groups in total. The molecule has 0 heterocycles. The summed E-state index contributed by atoms with van der Waals surface area (Å²) in [5.74, 6) is -0.349. The average Bonchev–Trinajstić information content (AvgIpc) is 2.43. The standard InChI is InChI=1S/C13H19N3O2.ClH/c1-9(8-14)16(3)13(18)11-6-4-5-10(7-11)12(17)15-2;/h4-7,9H,8,14H2,1-3H3,(H,15,17);1H. The van der Waals surface area contributed by atoms with Crippen LogP contribution < -0.4 is 11.1 Å². The third-order valence-corrected chi connectivity index (χ3v) is 2.92. The summed E-state index contributed by atoms with van der Waals surface area (Å²) in [7, 11) is 3.26. The van der Waals surface area contributed by atoms with E-state index in [1.165, 1.54) is 0 Å². The van der Waals surface area contributed by atoms with Gasteiger partial charge in [0.05, 0.1) is 0 Å². The van der Waals surface area contributed by atoms with Crippen LogP contribution >= 0.6 is 12.4 Å². The maximum Gasteiger partial charge on any atom is 0.253 e. The van der Waals surface area contributed by atoms with Crippen LogP contribution in [0, 0.1) is 0 Å². The minimum absolute atomic E-state index is 0. The number of nitrogens with zero attached hydrogens (tertiary/aromatic N) is 1. The first-order chi connectivity index (χ1) is 8.51. The molecular weight excluding hydrogens is 266 g/mol. The molecule has 0 fully saturated rings. The van der Waals surface area contributed by atoms with Gasteiger partial charge in [0.15, 0.2) is 0 Å². The van der Waals surface area contributed by atoms with Gasteiger partial charge in [-0.2, -0.15) is 0 Å². The second-order valence-corrected chi connectivity index (χ2v) is 4.16. The van der Waals surface area contributed by atoms with Crippen LogP contribution in [0.1, 0.15) is 27.6 Å². The smallest absolute Gasteiger partial charge is 0.253 e. The predicted octanol–water partition coefficient (Wildman–Crippen LogP) is 0.887. The lowest BCUT2D eigenvalue weighted by molar-refractivity contribution is 0.0748. The van der Waals surface area contributed by atoms with Crippen molar-refractivity contribution in [2.75, 3.05) is 20.6 Å². The van der Waals surface area contributed by atoms with Crippen LogP contribution in [0.2, 0.25) is 0 Å². The molecule has 1 rings (SSSR count). The molecule has 0 saturated heterocycles. The number of nitrogens with one attached hydrogen (secondary N) is 1. The summed E-state index contributed by atoms with van der Waals surface area (Å²) in [6.45, 7) is 2.28. The van der Waals surface area contributed by atoms with Gasteiger partial charge in [-0.25, -0.2) is 0 Å². The fraction of sp³-hybridized carbons (Fsp3) is 0.385. The minimum Gasteiger partial charge on any atom is -0.355 e. The molecule has 1 unspecified atom stereocenters. The quantitative estimate of drug-likeness (QED) is 0.862. The van der Waals surface area contributed by atoms with Crippen LogP contribution in [0.25, 0.3) is 0 Å². The molecule has 1 aromatic rings. The molecule has 0 bridgehead atoms. The van der Waals surface area contributed by atoms with Crippen LogP contribution in [-0.4, -0.2) is 43.4 Å². The van der Waals surface area contributed by atoms with Crippen molar-refractivity contribution in [3.63, 3.8) is 0 Å². The third-order valence-electron chi connectivity index (χ3n) is 2.92. The molecule has 0 radical (unpaired) electrons. The monoisotopic (exact) mass is 285 g/mol. The Hall–Kier alpha value is -1.59. The highest BCUT2D eigenvalue weighted by molar-refractivity contribution is 5.99. The molecule has 0 aliphatic heterocycles. The highest BCUT2D eigenvalue weighted by atomic mass is 35.5. The fourth-order valence-electron chi connectivity index (χ4n) is 1.50. The van der Waals surface area contributed by atoms with E-state index in [1.807, 2.05) is 6.92 Å². The maximum atomic E-state index is 12.1. The number of carbonyl (C=O) groups excluding carboxylic acids is 2. The van der Waals surface area contributed by atoms with Crippen molar-refractivity contribution >= 4 is 24.2 Å². The summed E-state index contributed by atoms with van der Waals surface area (Å²) in [4.78, 5) is 25.2. The van der Waals surface area contributed by atoms with Gasteiger partial charge >= 0.3 is 0 Å². The van der Waals surface area contributed by atoms with Crippen LogP contribution in [0.3, 0.4) is 0 Å². The lowest BCUT2D eigenvalue weighted by Gasteiger charge is -2.23. The van der Waals surface area contributed by atoms with E-state index in [9.17, 15) is 9.59 Å². The van der Waals surface area contributed by atoms with E-state index in [1.54, 1.807) is 43.3 Å². The molecular formula is C13H20ClN3O2. The van der Waals surface area contributed by atoms with E-state index in [-0.39, 0.29) is 30.3 Å². The van der Waals surface area contributed by atoms with Gasteiger partial charge in [-0.1, -0.05) is 6.07 Å². The average molecular weight is 286 g/mol. The Balaban J connectivity index is 0.00000324. The summed E-state index contributed by atoms with van der Waals surface area (Å²) in [5.41, 5.74) is 6.49. The van der Waals surface area contributed by atoms with E-state index in [0.29, 0.717) is 17.7 Å². The number of hydrogen-bond acceptors (Lipinski definition) is 3. The number of likely N-dealkylation sites (N-methyl/N-ethyl adjacent to an activating group) is 1. The van der Waals surface area contributed by atoms with Crippen molar-refractivity contribution in [2.45, 2.75) is 13.0 Å². The Morgan fingerprint density at radius 3 is 2.47 bits per heavy atom. The number of halogens is 1. The summed E-state index contributed by atoms with van der Waals surface area (Å²) in [6, 6.07) is 6.59. The third kappa shape index (κ3) is 4.22. The largest absolute Gasteiger partial charge is 0.355 e. The molecule has 0 aliphatic rings. The number of rotatable bonds is 4. The molecule has 0 spiro atoms. The molecule has 5 nitrogen and oxygen atoms in total. The van der Waals surface area contributed by atoms with E-state index in [4.69, 9.17) is 5.73 Å². The van der Waals surface area contributed by atoms with Gasteiger partial charge in [-0.05, 0) is 25.1 Å². The van der Waals surface area contributed by atoms with E-state index in [0.717, 1.165) is 0 Å². The van der Waals surface area contributed by atoms with Crippen molar-refractivity contribution in [3.05, 3.63) is 35.4 Å². The topological polar surface area (TPSA) is 75.4 Å². The SMILES string of the molecule is CNC(=O)c1cccc(C(=O)N(C)C(C)CN)c1.Cl. The van der Waals surface area contributed by atoms with Gasteiger partial charge in [0.1, 0.15) is 0 Å². The molecule has 1 atom stereocenters. The van der Waals surface area contributed by atoms with Gasteiger partial charge in [0.25, 0.3) is 11.8 Å². The normalized spacial score (nSPS) is 11.2. The Labute approximate surface area is 119 Å². The van der Waals surface area contributed by atoms with Gasteiger partial charge in [-0.15, -0.1) is 12.4 Å². The van der Waals surface area contributed by atoms with Crippen LogP contribution in [0.5, 0.6) is 0 Å². The molecule has 19 heavy (non-hydrogen) atoms. The van der Waals surface area contributed by atoms with Crippen molar-refractivity contribution in [3.8, 4) is 0 Å². The number of nitrogens with two attached hydrogens (primary N) is 1. The fourth-order valence-corrected chi connectivity index (χ4v) is 1.50. The summed E-state index contributed by atoms with van der Waals surface area (Å²) in [6.07, 6.45) is 0. The zero-order valence-electron chi connectivity index (χ0n) is 11.3. The van der Waals surface area contributed by atoms with E-state index in [2.05, 4.69) is 5.32 Å². The zero-order chi connectivity index (χ0) is 13.7. The lowest BCUT2D eigenvalue weighted by Crippen LogP contribution is -2.39. The molecule has 1 aromatic carbocycles. The predicted molar refractivity (Wildman–Crippen MR) is 77.7 cm³/mol. The van der Waals surface area contributed by atoms with Crippen molar-refractivity contribution in [1.29, 1.82) is 0 Å². The Kier molecular flexibility index (Phi) is 7.11. The second-order valence-electron chi connectivity index (χ2n) is 4.16.